The Kier molecular flexibility index (Phi) is 2.49. The first-order valence-electron chi connectivity index (χ1n) is 3.68. The second kappa shape index (κ2) is 3.18. The fourth-order valence-electron chi connectivity index (χ4n) is 0.993. The number of rotatable bonds is 1. The smallest absolute Gasteiger partial charge is 0.0672 e. The summed E-state index contributed by atoms with van der Waals surface area (Å²) in [5.74, 6) is 0. The monoisotopic (exact) mass is 129 g/mol. The minimum absolute atomic E-state index is 0.410. The van der Waals surface area contributed by atoms with Crippen molar-refractivity contribution in [3.8, 4) is 0 Å². The molecule has 2 atom stereocenters. The van der Waals surface area contributed by atoms with E-state index in [2.05, 4.69) is 19.2 Å². The normalized spacial score (nSPS) is 36.7. The van der Waals surface area contributed by atoms with Gasteiger partial charge in [0.2, 0.25) is 0 Å². The lowest BCUT2D eigenvalue weighted by Crippen LogP contribution is -2.44. The maximum atomic E-state index is 5.42. The minimum atomic E-state index is 0.410. The van der Waals surface area contributed by atoms with Crippen LogP contribution in [0.15, 0.2) is 0 Å². The molecule has 2 heteroatoms. The largest absolute Gasteiger partial charge is 0.376 e. The highest BCUT2D eigenvalue weighted by Gasteiger charge is 2.14. The summed E-state index contributed by atoms with van der Waals surface area (Å²) in [5.41, 5.74) is 0. The molecule has 54 valence electrons. The summed E-state index contributed by atoms with van der Waals surface area (Å²) in [4.78, 5) is 0. The molecule has 0 aliphatic carbocycles. The van der Waals surface area contributed by atoms with Gasteiger partial charge in [0.15, 0.2) is 0 Å². The lowest BCUT2D eigenvalue weighted by Gasteiger charge is -2.27. The summed E-state index contributed by atoms with van der Waals surface area (Å²) in [5, 5.41) is 3.39. The Morgan fingerprint density at radius 2 is 2.44 bits per heavy atom. The number of morpholine rings is 1. The fourth-order valence-corrected chi connectivity index (χ4v) is 0.993. The molecule has 1 rings (SSSR count). The number of ether oxygens (including phenoxy) is 1. The fraction of sp³-hybridized carbons (Fsp3) is 1.00. The van der Waals surface area contributed by atoms with Crippen LogP contribution in [-0.2, 0) is 4.74 Å². The summed E-state index contributed by atoms with van der Waals surface area (Å²) < 4.78 is 5.42. The predicted octanol–water partition coefficient (Wildman–Crippen LogP) is 0.773. The summed E-state index contributed by atoms with van der Waals surface area (Å²) in [6.45, 7) is 6.17. The van der Waals surface area contributed by atoms with Crippen LogP contribution in [0.4, 0.5) is 0 Å². The second-order valence-corrected chi connectivity index (χ2v) is 2.66. The van der Waals surface area contributed by atoms with Crippen LogP contribution in [0.25, 0.3) is 0 Å². The van der Waals surface area contributed by atoms with Crippen molar-refractivity contribution in [3.05, 3.63) is 0 Å². The molecule has 1 fully saturated rings. The molecule has 0 saturated carbocycles. The first-order valence-corrected chi connectivity index (χ1v) is 3.68. The Labute approximate surface area is 56.6 Å². The Morgan fingerprint density at radius 3 is 2.89 bits per heavy atom. The van der Waals surface area contributed by atoms with Gasteiger partial charge in [-0.15, -0.1) is 0 Å². The van der Waals surface area contributed by atoms with E-state index < -0.39 is 0 Å². The van der Waals surface area contributed by atoms with Crippen LogP contribution in [0.3, 0.4) is 0 Å². The van der Waals surface area contributed by atoms with Gasteiger partial charge in [0.1, 0.15) is 0 Å². The molecule has 2 nitrogen and oxygen atoms in total. The van der Waals surface area contributed by atoms with Crippen LogP contribution >= 0.6 is 0 Å². The SMILES string of the molecule is CC[C@@H]1CO[C@H](C)CN1. The maximum absolute atomic E-state index is 5.42. The Morgan fingerprint density at radius 1 is 1.67 bits per heavy atom. The molecule has 1 N–H and O–H groups in total. The van der Waals surface area contributed by atoms with E-state index in [1.807, 2.05) is 0 Å². The van der Waals surface area contributed by atoms with Gasteiger partial charge in [-0.05, 0) is 13.3 Å². The van der Waals surface area contributed by atoms with Crippen molar-refractivity contribution >= 4 is 0 Å². The van der Waals surface area contributed by atoms with E-state index in [1.165, 1.54) is 6.42 Å². The van der Waals surface area contributed by atoms with E-state index in [4.69, 9.17) is 4.74 Å². The van der Waals surface area contributed by atoms with Crippen molar-refractivity contribution < 1.29 is 4.74 Å². The highest BCUT2D eigenvalue weighted by Crippen LogP contribution is 2.01. The van der Waals surface area contributed by atoms with E-state index in [0.717, 1.165) is 13.2 Å². The van der Waals surface area contributed by atoms with Crippen molar-refractivity contribution in [1.29, 1.82) is 0 Å². The number of nitrogens with one attached hydrogen (secondary N) is 1. The summed E-state index contributed by atoms with van der Waals surface area (Å²) >= 11 is 0. The molecule has 1 aliphatic rings. The first-order chi connectivity index (χ1) is 4.33. The maximum Gasteiger partial charge on any atom is 0.0672 e. The lowest BCUT2D eigenvalue weighted by atomic mass is 10.2. The molecule has 1 saturated heterocycles. The van der Waals surface area contributed by atoms with Gasteiger partial charge in [-0.3, -0.25) is 0 Å². The Balaban J connectivity index is 2.18. The van der Waals surface area contributed by atoms with Crippen LogP contribution < -0.4 is 5.32 Å². The van der Waals surface area contributed by atoms with Crippen LogP contribution in [0.1, 0.15) is 20.3 Å². The zero-order valence-electron chi connectivity index (χ0n) is 6.18. The third kappa shape index (κ3) is 1.95. The van der Waals surface area contributed by atoms with Gasteiger partial charge >= 0.3 is 0 Å². The molecule has 1 heterocycles. The molecule has 0 aromatic heterocycles. The number of hydrogen-bond acceptors (Lipinski definition) is 2. The molecule has 0 spiro atoms. The van der Waals surface area contributed by atoms with Gasteiger partial charge in [0.05, 0.1) is 12.7 Å². The molecule has 0 radical (unpaired) electrons. The van der Waals surface area contributed by atoms with Crippen molar-refractivity contribution in [3.63, 3.8) is 0 Å². The third-order valence-corrected chi connectivity index (χ3v) is 1.77. The zero-order valence-corrected chi connectivity index (χ0v) is 6.18. The summed E-state index contributed by atoms with van der Waals surface area (Å²) in [6, 6.07) is 0.598. The molecule has 1 aliphatic heterocycles. The minimum Gasteiger partial charge on any atom is -0.376 e. The Bertz CT molecular complexity index is 77.0. The molecular weight excluding hydrogens is 114 g/mol. The Hall–Kier alpha value is -0.0800. The van der Waals surface area contributed by atoms with Crippen LogP contribution in [0.2, 0.25) is 0 Å². The molecule has 0 aromatic carbocycles. The van der Waals surface area contributed by atoms with Crippen LogP contribution in [0.5, 0.6) is 0 Å². The van der Waals surface area contributed by atoms with Crippen molar-refractivity contribution in [2.24, 2.45) is 0 Å². The molecule has 0 bridgehead atoms. The molecule has 9 heavy (non-hydrogen) atoms. The van der Waals surface area contributed by atoms with Crippen LogP contribution in [-0.4, -0.2) is 25.3 Å². The van der Waals surface area contributed by atoms with Gasteiger partial charge < -0.3 is 10.1 Å². The van der Waals surface area contributed by atoms with E-state index in [1.54, 1.807) is 0 Å². The summed E-state index contributed by atoms with van der Waals surface area (Å²) in [7, 11) is 0. The van der Waals surface area contributed by atoms with Crippen molar-refractivity contribution in [2.45, 2.75) is 32.4 Å². The standard InChI is InChI=1S/C7H15NO/c1-3-7-5-9-6(2)4-8-7/h6-8H,3-5H2,1-2H3/t6-,7-/m1/s1. The van der Waals surface area contributed by atoms with Gasteiger partial charge in [-0.1, -0.05) is 6.92 Å². The summed E-state index contributed by atoms with van der Waals surface area (Å²) in [6.07, 6.45) is 1.58. The quantitative estimate of drug-likeness (QED) is 0.564. The van der Waals surface area contributed by atoms with Crippen molar-refractivity contribution in [2.75, 3.05) is 13.2 Å². The zero-order chi connectivity index (χ0) is 6.69. The third-order valence-electron chi connectivity index (χ3n) is 1.77. The van der Waals surface area contributed by atoms with Gasteiger partial charge in [0, 0.05) is 12.6 Å². The molecular formula is C7H15NO. The van der Waals surface area contributed by atoms with E-state index in [9.17, 15) is 0 Å². The highest BCUT2D eigenvalue weighted by molar-refractivity contribution is 4.71. The van der Waals surface area contributed by atoms with Gasteiger partial charge in [0.25, 0.3) is 0 Å². The average molecular weight is 129 g/mol. The van der Waals surface area contributed by atoms with E-state index in [0.29, 0.717) is 12.1 Å². The van der Waals surface area contributed by atoms with Crippen molar-refractivity contribution in [1.82, 2.24) is 5.32 Å². The second-order valence-electron chi connectivity index (χ2n) is 2.66. The first kappa shape index (κ1) is 7.03. The van der Waals surface area contributed by atoms with E-state index >= 15 is 0 Å². The topological polar surface area (TPSA) is 21.3 Å². The number of hydrogen-bond donors (Lipinski definition) is 1. The van der Waals surface area contributed by atoms with Gasteiger partial charge in [-0.25, -0.2) is 0 Å². The lowest BCUT2D eigenvalue weighted by molar-refractivity contribution is 0.0146. The average Bonchev–Trinajstić information content (AvgIpc) is 1.90. The molecule has 0 amide bonds. The predicted molar refractivity (Wildman–Crippen MR) is 37.5 cm³/mol. The highest BCUT2D eigenvalue weighted by atomic mass is 16.5. The molecule has 0 aromatic rings. The van der Waals surface area contributed by atoms with E-state index in [-0.39, 0.29) is 0 Å². The molecule has 0 unspecified atom stereocenters. The van der Waals surface area contributed by atoms with Crippen LogP contribution in [0, 0.1) is 0 Å². The van der Waals surface area contributed by atoms with Gasteiger partial charge in [-0.2, -0.15) is 0 Å².